The van der Waals surface area contributed by atoms with Gasteiger partial charge in [-0.05, 0) is 50.2 Å². The predicted molar refractivity (Wildman–Crippen MR) is 158 cm³/mol. The number of para-hydroxylation sites is 2. The van der Waals surface area contributed by atoms with Crippen LogP contribution in [-0.4, -0.2) is 50.8 Å². The van der Waals surface area contributed by atoms with Crippen molar-refractivity contribution in [2.45, 2.75) is 18.7 Å². The fourth-order valence-electron chi connectivity index (χ4n) is 4.47. The molecule has 218 valence electrons. The molecule has 0 fully saturated rings. The maximum absolute atomic E-state index is 13.8. The summed E-state index contributed by atoms with van der Waals surface area (Å²) in [6.45, 7) is 3.11. The summed E-state index contributed by atoms with van der Waals surface area (Å²) in [5.41, 5.74) is 5.27. The standard InChI is InChI=1S/C29H29N5O7S/c1-20-16-22(21(2)33(20)23-10-6-5-7-11-23)18-30-31-29(35)19-32(25-15-14-24(40-3)17-27(25)41-4)42(38,39)28-13-9-8-12-26(28)34(36)37/h5-18H,19H2,1-4H3,(H,31,35)/b30-18-. The molecule has 1 amide bonds. The van der Waals surface area contributed by atoms with Crippen molar-refractivity contribution in [3.8, 4) is 17.2 Å². The Kier molecular flexibility index (Phi) is 8.91. The third-order valence-electron chi connectivity index (χ3n) is 6.45. The molecule has 0 aliphatic carbocycles. The van der Waals surface area contributed by atoms with Crippen molar-refractivity contribution in [3.05, 3.63) is 106 Å². The maximum Gasteiger partial charge on any atom is 0.289 e. The first-order valence-corrected chi connectivity index (χ1v) is 14.1. The number of hydrogen-bond acceptors (Lipinski definition) is 8. The van der Waals surface area contributed by atoms with Crippen LogP contribution in [0.15, 0.2) is 88.9 Å². The smallest absolute Gasteiger partial charge is 0.289 e. The first-order chi connectivity index (χ1) is 20.1. The van der Waals surface area contributed by atoms with E-state index in [9.17, 15) is 23.3 Å². The molecule has 0 saturated heterocycles. The summed E-state index contributed by atoms with van der Waals surface area (Å²) in [6.07, 6.45) is 1.47. The van der Waals surface area contributed by atoms with Gasteiger partial charge in [0.05, 0.1) is 31.0 Å². The fraction of sp³-hybridized carbons (Fsp3) is 0.172. The summed E-state index contributed by atoms with van der Waals surface area (Å²) in [7, 11) is -1.89. The number of hydrazone groups is 1. The molecule has 13 heteroatoms. The van der Waals surface area contributed by atoms with Crippen LogP contribution in [0.3, 0.4) is 0 Å². The van der Waals surface area contributed by atoms with Crippen molar-refractivity contribution in [1.29, 1.82) is 0 Å². The number of nitrogens with one attached hydrogen (secondary N) is 1. The maximum atomic E-state index is 13.8. The number of aromatic nitrogens is 1. The first-order valence-electron chi connectivity index (χ1n) is 12.6. The van der Waals surface area contributed by atoms with Crippen LogP contribution in [0.2, 0.25) is 0 Å². The number of hydrogen-bond donors (Lipinski definition) is 1. The van der Waals surface area contributed by atoms with Gasteiger partial charge in [0.15, 0.2) is 4.90 Å². The third-order valence-corrected chi connectivity index (χ3v) is 8.26. The van der Waals surface area contributed by atoms with Gasteiger partial charge in [-0.15, -0.1) is 0 Å². The molecule has 3 aromatic carbocycles. The van der Waals surface area contributed by atoms with Crippen LogP contribution in [0, 0.1) is 24.0 Å². The van der Waals surface area contributed by atoms with E-state index in [1.165, 1.54) is 50.8 Å². The summed E-state index contributed by atoms with van der Waals surface area (Å²) < 4.78 is 41.0. The van der Waals surface area contributed by atoms with Crippen molar-refractivity contribution >= 4 is 33.5 Å². The minimum absolute atomic E-state index is 0.0259. The molecular formula is C29H29N5O7S. The van der Waals surface area contributed by atoms with Gasteiger partial charge >= 0.3 is 0 Å². The van der Waals surface area contributed by atoms with E-state index in [1.807, 2.05) is 54.8 Å². The van der Waals surface area contributed by atoms with E-state index in [1.54, 1.807) is 0 Å². The molecule has 4 aromatic rings. The molecule has 0 aliphatic heterocycles. The van der Waals surface area contributed by atoms with E-state index in [0.29, 0.717) is 5.75 Å². The van der Waals surface area contributed by atoms with Crippen LogP contribution in [-0.2, 0) is 14.8 Å². The minimum Gasteiger partial charge on any atom is -0.497 e. The number of nitro groups is 1. The van der Waals surface area contributed by atoms with Gasteiger partial charge in [-0.2, -0.15) is 5.10 Å². The average Bonchev–Trinajstić information content (AvgIpc) is 3.28. The number of carbonyl (C=O) groups excluding carboxylic acids is 1. The van der Waals surface area contributed by atoms with E-state index < -0.39 is 38.0 Å². The number of carbonyl (C=O) groups is 1. The lowest BCUT2D eigenvalue weighted by Crippen LogP contribution is -2.40. The van der Waals surface area contributed by atoms with Gasteiger partial charge < -0.3 is 14.0 Å². The summed E-state index contributed by atoms with van der Waals surface area (Å²) in [4.78, 5) is 23.4. The number of nitrogens with zero attached hydrogens (tertiary/aromatic N) is 4. The number of ether oxygens (including phenoxy) is 2. The molecule has 0 unspecified atom stereocenters. The van der Waals surface area contributed by atoms with Crippen LogP contribution in [0.25, 0.3) is 5.69 Å². The average molecular weight is 592 g/mol. The Morgan fingerprint density at radius 1 is 1.02 bits per heavy atom. The van der Waals surface area contributed by atoms with Crippen molar-refractivity contribution < 1.29 is 27.6 Å². The number of amides is 1. The molecule has 0 atom stereocenters. The molecule has 0 aliphatic rings. The lowest BCUT2D eigenvalue weighted by molar-refractivity contribution is -0.387. The Hall–Kier alpha value is -5.17. The Bertz CT molecular complexity index is 1750. The topological polar surface area (TPSA) is 145 Å². The molecule has 1 heterocycles. The monoisotopic (exact) mass is 591 g/mol. The Morgan fingerprint density at radius 3 is 2.38 bits per heavy atom. The highest BCUT2D eigenvalue weighted by Gasteiger charge is 2.34. The van der Waals surface area contributed by atoms with Gasteiger partial charge in [0.2, 0.25) is 0 Å². The van der Waals surface area contributed by atoms with Crippen molar-refractivity contribution in [2.24, 2.45) is 5.10 Å². The van der Waals surface area contributed by atoms with Crippen LogP contribution >= 0.6 is 0 Å². The zero-order valence-corrected chi connectivity index (χ0v) is 24.2. The van der Waals surface area contributed by atoms with E-state index in [2.05, 4.69) is 10.5 Å². The Morgan fingerprint density at radius 2 is 1.71 bits per heavy atom. The quantitative estimate of drug-likeness (QED) is 0.155. The molecule has 12 nitrogen and oxygen atoms in total. The molecule has 0 radical (unpaired) electrons. The molecular weight excluding hydrogens is 562 g/mol. The highest BCUT2D eigenvalue weighted by atomic mass is 32.2. The number of nitro benzene ring substituents is 1. The predicted octanol–water partition coefficient (Wildman–Crippen LogP) is 4.37. The third kappa shape index (κ3) is 6.10. The zero-order valence-electron chi connectivity index (χ0n) is 23.3. The highest BCUT2D eigenvalue weighted by Crippen LogP contribution is 2.37. The normalized spacial score (nSPS) is 11.3. The van der Waals surface area contributed by atoms with Crippen LogP contribution in [0.1, 0.15) is 17.0 Å². The van der Waals surface area contributed by atoms with Gasteiger partial charge in [-0.25, -0.2) is 13.8 Å². The molecule has 0 bridgehead atoms. The summed E-state index contributed by atoms with van der Waals surface area (Å²) in [5.74, 6) is -0.342. The number of anilines is 1. The van der Waals surface area contributed by atoms with E-state index in [-0.39, 0.29) is 11.4 Å². The molecule has 4 rings (SSSR count). The van der Waals surface area contributed by atoms with Crippen LogP contribution in [0.4, 0.5) is 11.4 Å². The molecule has 0 saturated carbocycles. The van der Waals surface area contributed by atoms with Crippen molar-refractivity contribution in [2.75, 3.05) is 25.1 Å². The zero-order chi connectivity index (χ0) is 30.4. The lowest BCUT2D eigenvalue weighted by atomic mass is 10.2. The summed E-state index contributed by atoms with van der Waals surface area (Å²) in [5, 5.41) is 15.7. The minimum atomic E-state index is -4.64. The second-order valence-electron chi connectivity index (χ2n) is 9.06. The molecule has 1 N–H and O–H groups in total. The Balaban J connectivity index is 1.66. The second kappa shape index (κ2) is 12.6. The first kappa shape index (κ1) is 29.8. The highest BCUT2D eigenvalue weighted by molar-refractivity contribution is 7.93. The van der Waals surface area contributed by atoms with Gasteiger partial charge in [-0.3, -0.25) is 19.2 Å². The number of sulfonamides is 1. The van der Waals surface area contributed by atoms with Crippen LogP contribution < -0.4 is 19.2 Å². The largest absolute Gasteiger partial charge is 0.497 e. The Labute approximate surface area is 243 Å². The summed E-state index contributed by atoms with van der Waals surface area (Å²) in [6, 6.07) is 20.9. The fourth-order valence-corrected chi connectivity index (χ4v) is 6.06. The number of methoxy groups -OCH3 is 2. The van der Waals surface area contributed by atoms with E-state index in [0.717, 1.165) is 39.1 Å². The molecule has 42 heavy (non-hydrogen) atoms. The van der Waals surface area contributed by atoms with Crippen LogP contribution in [0.5, 0.6) is 11.5 Å². The van der Waals surface area contributed by atoms with Gasteiger partial charge in [0.25, 0.3) is 21.6 Å². The number of benzene rings is 3. The van der Waals surface area contributed by atoms with Gasteiger partial charge in [-0.1, -0.05) is 30.3 Å². The second-order valence-corrected chi connectivity index (χ2v) is 10.9. The molecule has 1 aromatic heterocycles. The molecule has 0 spiro atoms. The summed E-state index contributed by atoms with van der Waals surface area (Å²) >= 11 is 0. The van der Waals surface area contributed by atoms with Gasteiger partial charge in [0, 0.05) is 34.8 Å². The SMILES string of the molecule is COc1ccc(N(CC(=O)N/N=C\c2cc(C)n(-c3ccccc3)c2C)S(=O)(=O)c2ccccc2[N+](=O)[O-])c(OC)c1. The van der Waals surface area contributed by atoms with E-state index >= 15 is 0 Å². The number of rotatable bonds is 11. The van der Waals surface area contributed by atoms with Crippen molar-refractivity contribution in [3.63, 3.8) is 0 Å². The van der Waals surface area contributed by atoms with Crippen molar-refractivity contribution in [1.82, 2.24) is 9.99 Å². The van der Waals surface area contributed by atoms with Gasteiger partial charge in [0.1, 0.15) is 18.0 Å². The number of aryl methyl sites for hydroxylation is 1. The van der Waals surface area contributed by atoms with E-state index in [4.69, 9.17) is 9.47 Å². The lowest BCUT2D eigenvalue weighted by Gasteiger charge is -2.25.